The molecule has 2 aromatic rings. The van der Waals surface area contributed by atoms with Crippen molar-refractivity contribution in [3.63, 3.8) is 0 Å². The third kappa shape index (κ3) is 5.76. The van der Waals surface area contributed by atoms with Crippen molar-refractivity contribution in [2.45, 2.75) is 9.87 Å². The molecular formula is C44H42Cl2N8. The zero-order valence-corrected chi connectivity index (χ0v) is 32.3. The summed E-state index contributed by atoms with van der Waals surface area (Å²) in [5, 5.41) is 1.89. The lowest BCUT2D eigenvalue weighted by Gasteiger charge is -2.39. The number of aliphatic imine (C=N–C) groups is 2. The zero-order chi connectivity index (χ0) is 37.2. The molecule has 0 fully saturated rings. The zero-order valence-electron chi connectivity index (χ0n) is 30.8. The van der Waals surface area contributed by atoms with Crippen LogP contribution in [0.4, 0.5) is 0 Å². The summed E-state index contributed by atoms with van der Waals surface area (Å²) in [4.78, 5) is 24.3. The smallest absolute Gasteiger partial charge is 0.181 e. The van der Waals surface area contributed by atoms with E-state index in [1.54, 1.807) is 0 Å². The second-order valence-electron chi connectivity index (χ2n) is 14.7. The third-order valence-corrected chi connectivity index (χ3v) is 12.2. The lowest BCUT2D eigenvalue weighted by atomic mass is 9.85. The Morgan fingerprint density at radius 2 is 1.13 bits per heavy atom. The Balaban J connectivity index is 1.37. The number of rotatable bonds is 4. The van der Waals surface area contributed by atoms with Gasteiger partial charge in [0.25, 0.3) is 0 Å². The van der Waals surface area contributed by atoms with Crippen LogP contribution in [0.15, 0.2) is 160 Å². The summed E-state index contributed by atoms with van der Waals surface area (Å²) in [6.07, 6.45) is 34.0. The summed E-state index contributed by atoms with van der Waals surface area (Å²) >= 11 is 15.9. The van der Waals surface area contributed by atoms with Crippen LogP contribution in [0, 0.1) is 0 Å². The fraction of sp³-hybridized carbons (Fsp3) is 0.227. The number of H-pyrrole nitrogens is 2. The molecule has 2 atom stereocenters. The van der Waals surface area contributed by atoms with Crippen molar-refractivity contribution in [1.29, 1.82) is 0 Å². The average molecular weight is 754 g/mol. The van der Waals surface area contributed by atoms with E-state index < -0.39 is 9.87 Å². The van der Waals surface area contributed by atoms with Gasteiger partial charge in [-0.3, -0.25) is 4.99 Å². The maximum Gasteiger partial charge on any atom is 0.181 e. The Hall–Kier alpha value is -5.44. The Kier molecular flexibility index (Phi) is 8.36. The molecule has 0 aliphatic carbocycles. The van der Waals surface area contributed by atoms with Crippen LogP contribution >= 0.6 is 23.2 Å². The van der Waals surface area contributed by atoms with E-state index in [4.69, 9.17) is 33.2 Å². The van der Waals surface area contributed by atoms with Crippen molar-refractivity contribution >= 4 is 51.3 Å². The number of halogens is 2. The van der Waals surface area contributed by atoms with Crippen LogP contribution in [0.25, 0.3) is 16.7 Å². The first-order valence-corrected chi connectivity index (χ1v) is 19.0. The molecule has 0 spiro atoms. The van der Waals surface area contributed by atoms with Gasteiger partial charge < -0.3 is 29.6 Å². The SMILES string of the molecule is CN1C=CC(C2=C3C=CC(=N3)C(C3=CCN(C)C=C3)=c3ccc([nH]3)=C(C3=CCN(C)C=C3)C3=NC(Cl)(C=C3)C(Cl)(C3=CCN(C)C=C3)c3ccc2[nH]3)=CC1. The van der Waals surface area contributed by atoms with Crippen LogP contribution in [-0.4, -0.2) is 100 Å². The molecule has 7 aliphatic rings. The molecule has 54 heavy (non-hydrogen) atoms. The molecule has 0 aromatic carbocycles. The van der Waals surface area contributed by atoms with Gasteiger partial charge in [-0.1, -0.05) is 35.9 Å². The molecular weight excluding hydrogens is 711 g/mol. The maximum absolute atomic E-state index is 8.04. The third-order valence-electron chi connectivity index (χ3n) is 10.9. The molecule has 8 bridgehead atoms. The van der Waals surface area contributed by atoms with Crippen LogP contribution < -0.4 is 10.7 Å². The first-order valence-electron chi connectivity index (χ1n) is 18.3. The van der Waals surface area contributed by atoms with Gasteiger partial charge in [0.2, 0.25) is 0 Å². The van der Waals surface area contributed by atoms with Gasteiger partial charge in [-0.2, -0.15) is 0 Å². The quantitative estimate of drug-likeness (QED) is 0.297. The number of hydrogen-bond donors (Lipinski definition) is 2. The van der Waals surface area contributed by atoms with Crippen LogP contribution in [0.1, 0.15) is 11.4 Å². The highest BCUT2D eigenvalue weighted by molar-refractivity contribution is 6.41. The Morgan fingerprint density at radius 3 is 1.69 bits per heavy atom. The Morgan fingerprint density at radius 1 is 0.574 bits per heavy atom. The number of aromatic nitrogens is 2. The minimum atomic E-state index is -1.37. The second-order valence-corrected chi connectivity index (χ2v) is 15.9. The predicted octanol–water partition coefficient (Wildman–Crippen LogP) is 6.00. The predicted molar refractivity (Wildman–Crippen MR) is 223 cm³/mol. The van der Waals surface area contributed by atoms with Crippen LogP contribution in [0.3, 0.4) is 0 Å². The molecule has 2 unspecified atom stereocenters. The van der Waals surface area contributed by atoms with Crippen molar-refractivity contribution < 1.29 is 0 Å². The molecule has 272 valence electrons. The minimum absolute atomic E-state index is 0.693. The number of nitrogens with one attached hydrogen (secondary N) is 2. The van der Waals surface area contributed by atoms with E-state index in [2.05, 4.69) is 148 Å². The van der Waals surface area contributed by atoms with Gasteiger partial charge in [-0.25, -0.2) is 4.99 Å². The first kappa shape index (κ1) is 34.3. The number of likely N-dealkylation sites (N-methyl/N-ethyl adjacent to an activating group) is 4. The lowest BCUT2D eigenvalue weighted by molar-refractivity contribution is 0.487. The highest BCUT2D eigenvalue weighted by Gasteiger charge is 2.54. The van der Waals surface area contributed by atoms with Gasteiger partial charge in [-0.15, -0.1) is 11.6 Å². The molecule has 0 radical (unpaired) electrons. The molecule has 10 heteroatoms. The number of allylic oxidation sites excluding steroid dienone is 11. The molecule has 0 amide bonds. The number of fused-ring (bicyclic) bond motifs is 6. The summed E-state index contributed by atoms with van der Waals surface area (Å²) in [6, 6.07) is 8.44. The molecule has 2 N–H and O–H groups in total. The van der Waals surface area contributed by atoms with E-state index in [-0.39, 0.29) is 0 Å². The van der Waals surface area contributed by atoms with Gasteiger partial charge in [0.15, 0.2) is 9.87 Å². The minimum Gasteiger partial charge on any atom is -0.377 e. The maximum atomic E-state index is 8.04. The van der Waals surface area contributed by atoms with E-state index >= 15 is 0 Å². The van der Waals surface area contributed by atoms with Crippen molar-refractivity contribution in [1.82, 2.24) is 29.6 Å². The first-order chi connectivity index (χ1) is 26.1. The lowest BCUT2D eigenvalue weighted by Crippen LogP contribution is -2.42. The largest absolute Gasteiger partial charge is 0.377 e. The molecule has 8 nitrogen and oxygen atoms in total. The topological polar surface area (TPSA) is 69.3 Å². The summed E-state index contributed by atoms with van der Waals surface area (Å²) in [5.41, 5.74) is 11.2. The molecule has 9 heterocycles. The highest BCUT2D eigenvalue weighted by atomic mass is 35.5. The molecule has 2 aromatic heterocycles. The molecule has 7 aliphatic heterocycles. The average Bonchev–Trinajstić information content (AvgIpc) is 4.01. The molecule has 9 rings (SSSR count). The van der Waals surface area contributed by atoms with Gasteiger partial charge in [0.05, 0.1) is 17.1 Å². The monoisotopic (exact) mass is 752 g/mol. The van der Waals surface area contributed by atoms with Gasteiger partial charge in [0, 0.05) is 93.2 Å². The van der Waals surface area contributed by atoms with E-state index in [0.717, 1.165) is 97.9 Å². The standard InChI is InChI=1S/C44H42Cl2N8/c1-51-21-12-29(13-22-51)40-33-5-6-35(47-33)41(30-14-23-52(2)24-15-30)37-9-10-39(49-37)44(46,32-18-27-54(4)28-19-32)43(45)20-11-38(50-43)42(36-8-7-34(40)48-36)31-16-25-53(3)26-17-31/h5-21,23,25,27,48-49H,22,24,26,28H2,1-4H3. The van der Waals surface area contributed by atoms with Crippen LogP contribution in [-0.2, 0) is 4.87 Å². The van der Waals surface area contributed by atoms with E-state index in [1.165, 1.54) is 0 Å². The van der Waals surface area contributed by atoms with Gasteiger partial charge >= 0.3 is 0 Å². The second kappa shape index (κ2) is 13.1. The number of alkyl halides is 2. The Bertz CT molecular complexity index is 2500. The summed E-state index contributed by atoms with van der Waals surface area (Å²) in [7, 11) is 8.27. The fourth-order valence-electron chi connectivity index (χ4n) is 7.84. The van der Waals surface area contributed by atoms with Gasteiger partial charge in [0.1, 0.15) is 0 Å². The van der Waals surface area contributed by atoms with Crippen molar-refractivity contribution in [2.24, 2.45) is 9.98 Å². The van der Waals surface area contributed by atoms with Crippen molar-refractivity contribution in [2.75, 3.05) is 54.4 Å². The van der Waals surface area contributed by atoms with Crippen LogP contribution in [0.2, 0.25) is 0 Å². The van der Waals surface area contributed by atoms with E-state index in [1.807, 2.05) is 31.5 Å². The van der Waals surface area contributed by atoms with E-state index in [9.17, 15) is 0 Å². The summed E-state index contributed by atoms with van der Waals surface area (Å²) in [5.74, 6) is 0. The summed E-state index contributed by atoms with van der Waals surface area (Å²) in [6.45, 7) is 3.04. The number of nitrogens with zero attached hydrogens (tertiary/aromatic N) is 6. The van der Waals surface area contributed by atoms with E-state index in [0.29, 0.717) is 6.54 Å². The fourth-order valence-corrected chi connectivity index (χ4v) is 8.56. The molecule has 0 saturated heterocycles. The summed E-state index contributed by atoms with van der Waals surface area (Å²) < 4.78 is 0. The number of hydrogen-bond acceptors (Lipinski definition) is 6. The van der Waals surface area contributed by atoms with Crippen molar-refractivity contribution in [3.05, 3.63) is 172 Å². The highest BCUT2D eigenvalue weighted by Crippen LogP contribution is 2.54. The molecule has 0 saturated carbocycles. The van der Waals surface area contributed by atoms with Gasteiger partial charge in [-0.05, 0) is 120 Å². The van der Waals surface area contributed by atoms with Crippen molar-refractivity contribution in [3.8, 4) is 0 Å². The Labute approximate surface area is 325 Å². The normalized spacial score (nSPS) is 26.1. The number of aromatic amines is 2. The van der Waals surface area contributed by atoms with Crippen LogP contribution in [0.5, 0.6) is 0 Å².